The van der Waals surface area contributed by atoms with Crippen molar-refractivity contribution in [3.05, 3.63) is 20.6 Å². The van der Waals surface area contributed by atoms with Gasteiger partial charge in [-0.15, -0.1) is 0 Å². The molecule has 1 N–H and O–H groups in total. The third-order valence-corrected chi connectivity index (χ3v) is 5.76. The van der Waals surface area contributed by atoms with Crippen LogP contribution >= 0.6 is 28.1 Å². The molecule has 1 unspecified atom stereocenters. The molecule has 1 aromatic heterocycles. The summed E-state index contributed by atoms with van der Waals surface area (Å²) in [5, 5.41) is 0. The molecule has 1 aromatic rings. The van der Waals surface area contributed by atoms with Gasteiger partial charge in [-0.2, -0.15) is 0 Å². The van der Waals surface area contributed by atoms with Crippen LogP contribution in [-0.4, -0.2) is 22.7 Å². The van der Waals surface area contributed by atoms with Crippen LogP contribution in [0, 0.1) is 4.64 Å². The predicted molar refractivity (Wildman–Crippen MR) is 85.6 cm³/mol. The van der Waals surface area contributed by atoms with Crippen molar-refractivity contribution in [3.63, 3.8) is 0 Å². The molecule has 3 nitrogen and oxygen atoms in total. The van der Waals surface area contributed by atoms with E-state index in [1.165, 1.54) is 44.2 Å². The Morgan fingerprint density at radius 3 is 2.65 bits per heavy atom. The molecule has 0 radical (unpaired) electrons. The molecule has 2 aliphatic rings. The molecule has 1 aliphatic carbocycles. The molecule has 2 heterocycles. The van der Waals surface area contributed by atoms with Crippen LogP contribution < -0.4 is 0 Å². The number of rotatable bonds is 3. The molecule has 1 atom stereocenters. The number of H-pyrrole nitrogens is 1. The molecule has 2 fully saturated rings. The highest BCUT2D eigenvalue weighted by molar-refractivity contribution is 9.10. The normalized spacial score (nSPS) is 24.1. The van der Waals surface area contributed by atoms with Crippen molar-refractivity contribution in [2.24, 2.45) is 0 Å². The van der Waals surface area contributed by atoms with E-state index in [0.717, 1.165) is 29.7 Å². The molecule has 1 saturated carbocycles. The second kappa shape index (κ2) is 6.67. The minimum absolute atomic E-state index is 0.305. The van der Waals surface area contributed by atoms with Crippen molar-refractivity contribution < 1.29 is 4.74 Å². The van der Waals surface area contributed by atoms with E-state index in [0.29, 0.717) is 16.7 Å². The SMILES string of the molecule is S=c1nc(CC2CCCCO2)[nH]c(C2CCCC2)c1Br. The zero-order chi connectivity index (χ0) is 13.9. The van der Waals surface area contributed by atoms with Crippen LogP contribution in [0.15, 0.2) is 4.47 Å². The summed E-state index contributed by atoms with van der Waals surface area (Å²) in [6, 6.07) is 0. The Kier molecular flexibility index (Phi) is 4.89. The number of hydrogen-bond acceptors (Lipinski definition) is 3. The van der Waals surface area contributed by atoms with Crippen molar-refractivity contribution in [1.29, 1.82) is 0 Å². The van der Waals surface area contributed by atoms with Crippen molar-refractivity contribution in [3.8, 4) is 0 Å². The summed E-state index contributed by atoms with van der Waals surface area (Å²) in [5.74, 6) is 1.60. The van der Waals surface area contributed by atoms with Gasteiger partial charge in [0.2, 0.25) is 0 Å². The topological polar surface area (TPSA) is 37.9 Å². The first-order chi connectivity index (χ1) is 9.74. The first-order valence-electron chi connectivity index (χ1n) is 7.64. The van der Waals surface area contributed by atoms with Gasteiger partial charge in [-0.05, 0) is 48.0 Å². The van der Waals surface area contributed by atoms with Crippen LogP contribution in [0.5, 0.6) is 0 Å². The van der Waals surface area contributed by atoms with Crippen LogP contribution in [0.1, 0.15) is 62.4 Å². The molecule has 20 heavy (non-hydrogen) atoms. The van der Waals surface area contributed by atoms with E-state index in [2.05, 4.69) is 25.9 Å². The average molecular weight is 357 g/mol. The standard InChI is InChI=1S/C15H21BrN2OS/c16-13-14(10-5-1-2-6-10)17-12(18-15(13)20)9-11-7-3-4-8-19-11/h10-11H,1-9H2,(H,17,18,20). The van der Waals surface area contributed by atoms with Crippen molar-refractivity contribution in [2.75, 3.05) is 6.61 Å². The maximum absolute atomic E-state index is 5.81. The van der Waals surface area contributed by atoms with Crippen molar-refractivity contribution >= 4 is 28.1 Å². The summed E-state index contributed by atoms with van der Waals surface area (Å²) >= 11 is 9.03. The Balaban J connectivity index is 1.81. The quantitative estimate of drug-likeness (QED) is 0.799. The van der Waals surface area contributed by atoms with Crippen molar-refractivity contribution in [1.82, 2.24) is 9.97 Å². The number of nitrogens with zero attached hydrogens (tertiary/aromatic N) is 1. The third kappa shape index (κ3) is 3.31. The van der Waals surface area contributed by atoms with E-state index in [-0.39, 0.29) is 0 Å². The van der Waals surface area contributed by atoms with Gasteiger partial charge in [0, 0.05) is 24.6 Å². The van der Waals surface area contributed by atoms with Gasteiger partial charge >= 0.3 is 0 Å². The van der Waals surface area contributed by atoms with E-state index >= 15 is 0 Å². The minimum Gasteiger partial charge on any atom is -0.378 e. The highest BCUT2D eigenvalue weighted by Gasteiger charge is 2.22. The number of nitrogens with one attached hydrogen (secondary N) is 1. The van der Waals surface area contributed by atoms with Gasteiger partial charge in [-0.25, -0.2) is 4.98 Å². The molecule has 5 heteroatoms. The molecular weight excluding hydrogens is 336 g/mol. The maximum Gasteiger partial charge on any atom is 0.144 e. The number of aromatic amines is 1. The molecule has 0 aromatic carbocycles. The van der Waals surface area contributed by atoms with E-state index in [9.17, 15) is 0 Å². The molecule has 110 valence electrons. The first kappa shape index (κ1) is 14.7. The van der Waals surface area contributed by atoms with Gasteiger partial charge in [0.05, 0.1) is 10.6 Å². The zero-order valence-electron chi connectivity index (χ0n) is 11.7. The summed E-state index contributed by atoms with van der Waals surface area (Å²) in [7, 11) is 0. The van der Waals surface area contributed by atoms with Gasteiger partial charge in [0.25, 0.3) is 0 Å². The molecule has 1 saturated heterocycles. The zero-order valence-corrected chi connectivity index (χ0v) is 14.1. The monoisotopic (exact) mass is 356 g/mol. The summed E-state index contributed by atoms with van der Waals surface area (Å²) in [6.45, 7) is 0.886. The Labute approximate surface area is 133 Å². The fraction of sp³-hybridized carbons (Fsp3) is 0.733. The fourth-order valence-corrected chi connectivity index (χ4v) is 4.03. The second-order valence-corrected chi connectivity index (χ2v) is 7.07. The fourth-order valence-electron chi connectivity index (χ4n) is 3.30. The maximum atomic E-state index is 5.81. The van der Waals surface area contributed by atoms with Crippen LogP contribution in [0.4, 0.5) is 0 Å². The molecule has 0 spiro atoms. The molecular formula is C15H21BrN2OS. The van der Waals surface area contributed by atoms with Crippen LogP contribution in [0.3, 0.4) is 0 Å². The molecule has 0 amide bonds. The van der Waals surface area contributed by atoms with Gasteiger partial charge < -0.3 is 9.72 Å². The average Bonchev–Trinajstić information content (AvgIpc) is 2.98. The smallest absolute Gasteiger partial charge is 0.144 e. The Morgan fingerprint density at radius 1 is 1.20 bits per heavy atom. The van der Waals surface area contributed by atoms with Gasteiger partial charge in [0.15, 0.2) is 0 Å². The van der Waals surface area contributed by atoms with Gasteiger partial charge in [-0.3, -0.25) is 0 Å². The molecule has 3 rings (SSSR count). The van der Waals surface area contributed by atoms with E-state index in [4.69, 9.17) is 17.0 Å². The summed E-state index contributed by atoms with van der Waals surface area (Å²) in [6.07, 6.45) is 9.90. The second-order valence-electron chi connectivity index (χ2n) is 5.89. The number of hydrogen-bond donors (Lipinski definition) is 1. The third-order valence-electron chi connectivity index (χ3n) is 4.40. The predicted octanol–water partition coefficient (Wildman–Crippen LogP) is 4.67. The Bertz CT molecular complexity index is 519. The van der Waals surface area contributed by atoms with Crippen LogP contribution in [-0.2, 0) is 11.2 Å². The lowest BCUT2D eigenvalue weighted by molar-refractivity contribution is 0.0156. The van der Waals surface area contributed by atoms with E-state index < -0.39 is 0 Å². The lowest BCUT2D eigenvalue weighted by atomic mass is 10.0. The highest BCUT2D eigenvalue weighted by atomic mass is 79.9. The number of halogens is 1. The lowest BCUT2D eigenvalue weighted by Gasteiger charge is -2.22. The first-order valence-corrected chi connectivity index (χ1v) is 8.84. The van der Waals surface area contributed by atoms with E-state index in [1.54, 1.807) is 0 Å². The van der Waals surface area contributed by atoms with Crippen molar-refractivity contribution in [2.45, 2.75) is 63.4 Å². The van der Waals surface area contributed by atoms with Gasteiger partial charge in [0.1, 0.15) is 10.5 Å². The van der Waals surface area contributed by atoms with Crippen LogP contribution in [0.25, 0.3) is 0 Å². The highest BCUT2D eigenvalue weighted by Crippen LogP contribution is 2.36. The number of ether oxygens (including phenoxy) is 1. The summed E-state index contributed by atoms with van der Waals surface area (Å²) in [4.78, 5) is 8.07. The van der Waals surface area contributed by atoms with Gasteiger partial charge in [-0.1, -0.05) is 25.1 Å². The lowest BCUT2D eigenvalue weighted by Crippen LogP contribution is -2.23. The molecule has 1 aliphatic heterocycles. The Hall–Kier alpha value is -0.260. The molecule has 0 bridgehead atoms. The van der Waals surface area contributed by atoms with E-state index in [1.807, 2.05) is 0 Å². The minimum atomic E-state index is 0.305. The van der Waals surface area contributed by atoms with Crippen LogP contribution in [0.2, 0.25) is 0 Å². The summed E-state index contributed by atoms with van der Waals surface area (Å²) in [5.41, 5.74) is 1.26. The largest absolute Gasteiger partial charge is 0.378 e. The summed E-state index contributed by atoms with van der Waals surface area (Å²) < 4.78 is 7.50. The number of aromatic nitrogens is 2. The Morgan fingerprint density at radius 2 is 1.95 bits per heavy atom.